The Morgan fingerprint density at radius 3 is 2.28 bits per heavy atom. The van der Waals surface area contributed by atoms with Crippen LogP contribution in [0.25, 0.3) is 0 Å². The molecular weight excluding hydrogens is 473 g/mol. The van der Waals surface area contributed by atoms with E-state index in [1.165, 1.54) is 11.0 Å². The zero-order chi connectivity index (χ0) is 23.9. The van der Waals surface area contributed by atoms with Gasteiger partial charge in [-0.3, -0.25) is 13.9 Å². The Kier molecular flexibility index (Phi) is 9.36. The predicted molar refractivity (Wildman–Crippen MR) is 128 cm³/mol. The molecule has 0 saturated heterocycles. The highest BCUT2D eigenvalue weighted by Crippen LogP contribution is 2.22. The summed E-state index contributed by atoms with van der Waals surface area (Å²) in [5.41, 5.74) is 1.02. The van der Waals surface area contributed by atoms with Crippen LogP contribution in [0.5, 0.6) is 0 Å². The lowest BCUT2D eigenvalue weighted by molar-refractivity contribution is -0.139. The smallest absolute Gasteiger partial charge is 0.244 e. The number of hydrogen-bond acceptors (Lipinski definition) is 4. The Morgan fingerprint density at radius 1 is 1.06 bits per heavy atom. The van der Waals surface area contributed by atoms with Crippen molar-refractivity contribution in [1.82, 2.24) is 10.2 Å². The van der Waals surface area contributed by atoms with Crippen molar-refractivity contribution < 1.29 is 18.0 Å². The third kappa shape index (κ3) is 7.39. The maximum atomic E-state index is 13.3. The minimum atomic E-state index is -3.79. The molecule has 0 radical (unpaired) electrons. The fourth-order valence-electron chi connectivity index (χ4n) is 3.01. The van der Waals surface area contributed by atoms with Crippen molar-refractivity contribution in [3.63, 3.8) is 0 Å². The van der Waals surface area contributed by atoms with E-state index in [0.717, 1.165) is 22.5 Å². The molecule has 0 aliphatic heterocycles. The molecule has 2 aromatic carbocycles. The fraction of sp³-hybridized carbons (Fsp3) is 0.364. The maximum Gasteiger partial charge on any atom is 0.244 e. The highest BCUT2D eigenvalue weighted by atomic mass is 35.5. The molecule has 174 valence electrons. The van der Waals surface area contributed by atoms with Crippen molar-refractivity contribution >= 4 is 50.7 Å². The van der Waals surface area contributed by atoms with Crippen molar-refractivity contribution in [3.05, 3.63) is 64.1 Å². The highest BCUT2D eigenvalue weighted by Gasteiger charge is 2.30. The molecule has 0 fully saturated rings. The summed E-state index contributed by atoms with van der Waals surface area (Å²) in [5, 5.41) is 3.67. The Morgan fingerprint density at radius 2 is 1.72 bits per heavy atom. The van der Waals surface area contributed by atoms with E-state index >= 15 is 0 Å². The molecule has 32 heavy (non-hydrogen) atoms. The molecule has 0 spiro atoms. The second-order valence-electron chi connectivity index (χ2n) is 7.36. The molecule has 0 aliphatic carbocycles. The Bertz CT molecular complexity index is 1050. The van der Waals surface area contributed by atoms with E-state index in [9.17, 15) is 18.0 Å². The molecule has 0 aliphatic rings. The van der Waals surface area contributed by atoms with Gasteiger partial charge in [0.25, 0.3) is 0 Å². The number of nitrogens with zero attached hydrogens (tertiary/aromatic N) is 2. The number of halogens is 2. The van der Waals surface area contributed by atoms with E-state index in [4.69, 9.17) is 23.2 Å². The van der Waals surface area contributed by atoms with Crippen molar-refractivity contribution in [2.24, 2.45) is 0 Å². The third-order valence-corrected chi connectivity index (χ3v) is 6.39. The number of carbonyl (C=O) groups is 2. The molecular formula is C22H27Cl2N3O4S. The van der Waals surface area contributed by atoms with Gasteiger partial charge in [0.05, 0.1) is 11.9 Å². The number of carbonyl (C=O) groups excluding carboxylic acids is 2. The normalized spacial score (nSPS) is 12.2. The SMILES string of the molecule is CCCNC(=O)[C@@H](C)N(Cc1ccc(Cl)cc1)C(=O)CN(c1cccc(Cl)c1)S(C)(=O)=O. The second-order valence-corrected chi connectivity index (χ2v) is 10.1. The van der Waals surface area contributed by atoms with Gasteiger partial charge in [-0.2, -0.15) is 0 Å². The zero-order valence-corrected chi connectivity index (χ0v) is 20.5. The number of amides is 2. The van der Waals surface area contributed by atoms with Gasteiger partial charge in [0, 0.05) is 23.1 Å². The largest absolute Gasteiger partial charge is 0.354 e. The van der Waals surface area contributed by atoms with Crippen molar-refractivity contribution in [2.75, 3.05) is 23.7 Å². The molecule has 0 unspecified atom stereocenters. The monoisotopic (exact) mass is 499 g/mol. The van der Waals surface area contributed by atoms with E-state index in [1.54, 1.807) is 49.4 Å². The van der Waals surface area contributed by atoms with Crippen LogP contribution in [-0.4, -0.2) is 50.5 Å². The number of benzene rings is 2. The van der Waals surface area contributed by atoms with Crippen molar-refractivity contribution in [1.29, 1.82) is 0 Å². The summed E-state index contributed by atoms with van der Waals surface area (Å²) < 4.78 is 25.9. The fourth-order valence-corrected chi connectivity index (χ4v) is 4.16. The Balaban J connectivity index is 2.35. The topological polar surface area (TPSA) is 86.8 Å². The number of sulfonamides is 1. The van der Waals surface area contributed by atoms with Gasteiger partial charge >= 0.3 is 0 Å². The first-order chi connectivity index (χ1) is 15.0. The van der Waals surface area contributed by atoms with Crippen LogP contribution in [-0.2, 0) is 26.2 Å². The molecule has 0 aromatic heterocycles. The summed E-state index contributed by atoms with van der Waals surface area (Å²) in [6, 6.07) is 12.3. The van der Waals surface area contributed by atoms with E-state index in [1.807, 2.05) is 6.92 Å². The Hall–Kier alpha value is -2.29. The maximum absolute atomic E-state index is 13.3. The van der Waals surface area contributed by atoms with Gasteiger partial charge in [-0.25, -0.2) is 8.42 Å². The van der Waals surface area contributed by atoms with E-state index in [2.05, 4.69) is 5.32 Å². The van der Waals surface area contributed by atoms with Gasteiger partial charge in [0.1, 0.15) is 12.6 Å². The molecule has 0 bridgehead atoms. The average molecular weight is 500 g/mol. The first-order valence-corrected chi connectivity index (χ1v) is 12.7. The Labute approximate surface area is 199 Å². The minimum Gasteiger partial charge on any atom is -0.354 e. The number of nitrogens with one attached hydrogen (secondary N) is 1. The molecule has 0 saturated carbocycles. The summed E-state index contributed by atoms with van der Waals surface area (Å²) in [7, 11) is -3.79. The van der Waals surface area contributed by atoms with Crippen LogP contribution >= 0.6 is 23.2 Å². The number of hydrogen-bond donors (Lipinski definition) is 1. The first-order valence-electron chi connectivity index (χ1n) is 10.1. The van der Waals surface area contributed by atoms with Gasteiger partial charge in [-0.05, 0) is 49.2 Å². The zero-order valence-electron chi connectivity index (χ0n) is 18.2. The van der Waals surface area contributed by atoms with Crippen LogP contribution in [0.3, 0.4) is 0 Å². The predicted octanol–water partition coefficient (Wildman–Crippen LogP) is 3.70. The first kappa shape index (κ1) is 26.0. The molecule has 10 heteroatoms. The molecule has 1 N–H and O–H groups in total. The van der Waals surface area contributed by atoms with E-state index in [-0.39, 0.29) is 18.1 Å². The van der Waals surface area contributed by atoms with Gasteiger partial charge in [-0.1, -0.05) is 48.3 Å². The van der Waals surface area contributed by atoms with Gasteiger partial charge in [0.15, 0.2) is 0 Å². The summed E-state index contributed by atoms with van der Waals surface area (Å²) >= 11 is 12.0. The van der Waals surface area contributed by atoms with Crippen LogP contribution < -0.4 is 9.62 Å². The van der Waals surface area contributed by atoms with Crippen LogP contribution in [0.4, 0.5) is 5.69 Å². The van der Waals surface area contributed by atoms with Gasteiger partial charge in [-0.15, -0.1) is 0 Å². The number of rotatable bonds is 10. The lowest BCUT2D eigenvalue weighted by Gasteiger charge is -2.31. The second kappa shape index (κ2) is 11.5. The molecule has 2 aromatic rings. The molecule has 0 heterocycles. The lowest BCUT2D eigenvalue weighted by Crippen LogP contribution is -2.51. The van der Waals surface area contributed by atoms with Crippen LogP contribution in [0.1, 0.15) is 25.8 Å². The van der Waals surface area contributed by atoms with Crippen molar-refractivity contribution in [3.8, 4) is 0 Å². The molecule has 2 rings (SSSR count). The summed E-state index contributed by atoms with van der Waals surface area (Å²) in [5.74, 6) is -0.840. The van der Waals surface area contributed by atoms with Crippen LogP contribution in [0.15, 0.2) is 48.5 Å². The van der Waals surface area contributed by atoms with E-state index < -0.39 is 28.5 Å². The van der Waals surface area contributed by atoms with Crippen molar-refractivity contribution in [2.45, 2.75) is 32.9 Å². The van der Waals surface area contributed by atoms with Gasteiger partial charge < -0.3 is 10.2 Å². The third-order valence-electron chi connectivity index (χ3n) is 4.76. The average Bonchev–Trinajstić information content (AvgIpc) is 2.73. The lowest BCUT2D eigenvalue weighted by atomic mass is 10.1. The minimum absolute atomic E-state index is 0.115. The molecule has 1 atom stereocenters. The molecule has 7 nitrogen and oxygen atoms in total. The molecule has 2 amide bonds. The highest BCUT2D eigenvalue weighted by molar-refractivity contribution is 7.92. The summed E-state index contributed by atoms with van der Waals surface area (Å²) in [6.07, 6.45) is 1.77. The van der Waals surface area contributed by atoms with Crippen LogP contribution in [0, 0.1) is 0 Å². The standard InChI is InChI=1S/C22H27Cl2N3O4S/c1-4-12-25-22(29)16(2)26(14-17-8-10-18(23)11-9-17)21(28)15-27(32(3,30)31)20-7-5-6-19(24)13-20/h5-11,13,16H,4,12,14-15H2,1-3H3,(H,25,29)/t16-/m1/s1. The van der Waals surface area contributed by atoms with Gasteiger partial charge in [0.2, 0.25) is 21.8 Å². The van der Waals surface area contributed by atoms with E-state index in [0.29, 0.717) is 16.6 Å². The quantitative estimate of drug-likeness (QED) is 0.539. The summed E-state index contributed by atoms with van der Waals surface area (Å²) in [6.45, 7) is 3.66. The summed E-state index contributed by atoms with van der Waals surface area (Å²) in [4.78, 5) is 27.3. The number of anilines is 1. The van der Waals surface area contributed by atoms with Crippen LogP contribution in [0.2, 0.25) is 10.0 Å².